The zero-order valence-corrected chi connectivity index (χ0v) is 11.2. The minimum absolute atomic E-state index is 0.0189. The molecule has 0 aromatic rings. The van der Waals surface area contributed by atoms with E-state index in [-0.39, 0.29) is 12.7 Å². The van der Waals surface area contributed by atoms with Gasteiger partial charge in [-0.2, -0.15) is 0 Å². The van der Waals surface area contributed by atoms with Crippen LogP contribution in [0.1, 0.15) is 20.8 Å². The Morgan fingerprint density at radius 3 is 2.35 bits per heavy atom. The first kappa shape index (κ1) is 16.0. The molecule has 0 aromatic heterocycles. The second-order valence-electron chi connectivity index (χ2n) is 4.23. The second-order valence-corrected chi connectivity index (χ2v) is 4.44. The third kappa shape index (κ3) is 7.82. The van der Waals surface area contributed by atoms with E-state index < -0.39 is 23.7 Å². The van der Waals surface area contributed by atoms with Gasteiger partial charge >= 0.3 is 12.1 Å². The summed E-state index contributed by atoms with van der Waals surface area (Å²) in [6.07, 6.45) is -0.717. The highest BCUT2D eigenvalue weighted by molar-refractivity contribution is 6.17. The highest BCUT2D eigenvalue weighted by Gasteiger charge is 2.25. The molecule has 0 fully saturated rings. The average Bonchev–Trinajstić information content (AvgIpc) is 2.14. The molecule has 0 heterocycles. The maximum absolute atomic E-state index is 11.4. The number of halogens is 1. The van der Waals surface area contributed by atoms with Crippen LogP contribution in [0.2, 0.25) is 0 Å². The largest absolute Gasteiger partial charge is 0.448 e. The van der Waals surface area contributed by atoms with Gasteiger partial charge in [-0.3, -0.25) is 0 Å². The number of carbonyl (C=O) groups excluding carboxylic acids is 2. The van der Waals surface area contributed by atoms with Gasteiger partial charge in [-0.15, -0.1) is 0 Å². The summed E-state index contributed by atoms with van der Waals surface area (Å²) in [5.41, 5.74) is -0.641. The third-order valence-corrected chi connectivity index (χ3v) is 1.61. The fraction of sp³-hybridized carbons (Fsp3) is 0.800. The van der Waals surface area contributed by atoms with Crippen LogP contribution < -0.4 is 5.32 Å². The van der Waals surface area contributed by atoms with Crippen molar-refractivity contribution in [3.63, 3.8) is 0 Å². The number of alkyl halides is 1. The van der Waals surface area contributed by atoms with Gasteiger partial charge in [0.1, 0.15) is 5.60 Å². The van der Waals surface area contributed by atoms with Gasteiger partial charge in [0.15, 0.2) is 12.1 Å². The standard InChI is InChI=1S/C10H18ClNO5/c1-10(2,3)17-9(14)12-7(5-15-4)8(13)16-6-11/h7H,5-6H2,1-4H3,(H,12,14). The quantitative estimate of drug-likeness (QED) is 0.600. The Morgan fingerprint density at radius 2 is 1.94 bits per heavy atom. The molecular formula is C10H18ClNO5. The number of nitrogens with one attached hydrogen (secondary N) is 1. The molecule has 0 aliphatic heterocycles. The predicted octanol–water partition coefficient (Wildman–Crippen LogP) is 1.27. The lowest BCUT2D eigenvalue weighted by Gasteiger charge is -2.22. The topological polar surface area (TPSA) is 73.9 Å². The molecule has 17 heavy (non-hydrogen) atoms. The van der Waals surface area contributed by atoms with Crippen molar-refractivity contribution in [1.29, 1.82) is 0 Å². The molecule has 0 aliphatic rings. The van der Waals surface area contributed by atoms with Gasteiger partial charge in [0.05, 0.1) is 6.61 Å². The van der Waals surface area contributed by atoms with E-state index in [1.165, 1.54) is 7.11 Å². The van der Waals surface area contributed by atoms with Crippen LogP contribution in [-0.4, -0.2) is 43.5 Å². The van der Waals surface area contributed by atoms with Gasteiger partial charge < -0.3 is 19.5 Å². The third-order valence-electron chi connectivity index (χ3n) is 1.51. The van der Waals surface area contributed by atoms with Crippen LogP contribution in [0, 0.1) is 0 Å². The number of methoxy groups -OCH3 is 1. The van der Waals surface area contributed by atoms with Crippen LogP contribution in [-0.2, 0) is 19.0 Å². The highest BCUT2D eigenvalue weighted by atomic mass is 35.5. The summed E-state index contributed by atoms with van der Waals surface area (Å²) in [4.78, 5) is 22.8. The molecule has 0 radical (unpaired) electrons. The van der Waals surface area contributed by atoms with Gasteiger partial charge in [0.2, 0.25) is 0 Å². The molecule has 0 bridgehead atoms. The van der Waals surface area contributed by atoms with Crippen molar-refractivity contribution in [3.8, 4) is 0 Å². The molecule has 7 heteroatoms. The van der Waals surface area contributed by atoms with Crippen LogP contribution in [0.15, 0.2) is 0 Å². The molecule has 1 amide bonds. The summed E-state index contributed by atoms with van der Waals surface area (Å²) < 4.78 is 14.3. The number of hydrogen-bond acceptors (Lipinski definition) is 5. The summed E-state index contributed by atoms with van der Waals surface area (Å²) in [5, 5.41) is 2.34. The van der Waals surface area contributed by atoms with Crippen LogP contribution in [0.3, 0.4) is 0 Å². The lowest BCUT2D eigenvalue weighted by molar-refractivity contribution is -0.145. The lowest BCUT2D eigenvalue weighted by Crippen LogP contribution is -2.46. The Labute approximate surface area is 106 Å². The fourth-order valence-corrected chi connectivity index (χ4v) is 1.05. The van der Waals surface area contributed by atoms with Crippen molar-refractivity contribution in [2.45, 2.75) is 32.4 Å². The number of esters is 1. The lowest BCUT2D eigenvalue weighted by atomic mass is 10.2. The summed E-state index contributed by atoms with van der Waals surface area (Å²) in [7, 11) is 1.40. The van der Waals surface area contributed by atoms with E-state index in [1.807, 2.05) is 0 Å². The molecule has 1 unspecified atom stereocenters. The first-order chi connectivity index (χ1) is 7.80. The van der Waals surface area contributed by atoms with E-state index in [2.05, 4.69) is 10.1 Å². The molecule has 0 saturated heterocycles. The van der Waals surface area contributed by atoms with Gasteiger partial charge in [0, 0.05) is 7.11 Å². The molecule has 0 saturated carbocycles. The number of alkyl carbamates (subject to hydrolysis) is 1. The minimum Gasteiger partial charge on any atom is -0.448 e. The first-order valence-corrected chi connectivity index (χ1v) is 5.54. The Hall–Kier alpha value is -1.01. The second kappa shape index (κ2) is 7.34. The zero-order valence-electron chi connectivity index (χ0n) is 10.4. The number of rotatable bonds is 5. The average molecular weight is 268 g/mol. The molecule has 100 valence electrons. The van der Waals surface area contributed by atoms with Gasteiger partial charge in [-0.05, 0) is 20.8 Å². The molecular weight excluding hydrogens is 250 g/mol. The number of carbonyl (C=O) groups is 2. The molecule has 0 aliphatic carbocycles. The maximum Gasteiger partial charge on any atom is 0.408 e. The number of ether oxygens (including phenoxy) is 3. The molecule has 1 N–H and O–H groups in total. The number of hydrogen-bond donors (Lipinski definition) is 1. The SMILES string of the molecule is COCC(NC(=O)OC(C)(C)C)C(=O)OCCl. The van der Waals surface area contributed by atoms with E-state index in [4.69, 9.17) is 21.1 Å². The van der Waals surface area contributed by atoms with Crippen LogP contribution >= 0.6 is 11.6 Å². The van der Waals surface area contributed by atoms with Crippen molar-refractivity contribution >= 4 is 23.7 Å². The summed E-state index contributed by atoms with van der Waals surface area (Å²) >= 11 is 5.26. The van der Waals surface area contributed by atoms with Crippen molar-refractivity contribution in [2.75, 3.05) is 19.8 Å². The molecule has 1 atom stereocenters. The Kier molecular flexibility index (Phi) is 6.91. The minimum atomic E-state index is -0.936. The Morgan fingerprint density at radius 1 is 1.35 bits per heavy atom. The molecule has 6 nitrogen and oxygen atoms in total. The molecule has 0 rings (SSSR count). The molecule has 0 aromatic carbocycles. The summed E-state index contributed by atoms with van der Waals surface area (Å²) in [6, 6.07) is -1.22. The summed E-state index contributed by atoms with van der Waals surface area (Å²) in [6.45, 7) is 5.13. The van der Waals surface area contributed by atoms with E-state index in [9.17, 15) is 9.59 Å². The maximum atomic E-state index is 11.4. The predicted molar refractivity (Wildman–Crippen MR) is 61.8 cm³/mol. The normalized spacial score (nSPS) is 12.8. The summed E-state index contributed by atoms with van der Waals surface area (Å²) in [5.74, 6) is -0.673. The van der Waals surface area contributed by atoms with Crippen molar-refractivity contribution in [1.82, 2.24) is 5.32 Å². The van der Waals surface area contributed by atoms with Gasteiger partial charge in [-0.1, -0.05) is 11.6 Å². The van der Waals surface area contributed by atoms with E-state index >= 15 is 0 Å². The smallest absolute Gasteiger partial charge is 0.408 e. The van der Waals surface area contributed by atoms with Crippen molar-refractivity contribution in [2.24, 2.45) is 0 Å². The van der Waals surface area contributed by atoms with E-state index in [1.54, 1.807) is 20.8 Å². The van der Waals surface area contributed by atoms with E-state index in [0.717, 1.165) is 0 Å². The van der Waals surface area contributed by atoms with Crippen LogP contribution in [0.5, 0.6) is 0 Å². The number of amides is 1. The van der Waals surface area contributed by atoms with Crippen molar-refractivity contribution in [3.05, 3.63) is 0 Å². The zero-order chi connectivity index (χ0) is 13.5. The van der Waals surface area contributed by atoms with Gasteiger partial charge in [0.25, 0.3) is 0 Å². The Balaban J connectivity index is 4.34. The molecule has 0 spiro atoms. The highest BCUT2D eigenvalue weighted by Crippen LogP contribution is 2.07. The van der Waals surface area contributed by atoms with Gasteiger partial charge in [-0.25, -0.2) is 9.59 Å². The first-order valence-electron chi connectivity index (χ1n) is 5.01. The van der Waals surface area contributed by atoms with Crippen LogP contribution in [0.4, 0.5) is 4.79 Å². The van der Waals surface area contributed by atoms with Crippen LogP contribution in [0.25, 0.3) is 0 Å². The van der Waals surface area contributed by atoms with E-state index in [0.29, 0.717) is 0 Å². The van der Waals surface area contributed by atoms with Crippen molar-refractivity contribution < 1.29 is 23.8 Å². The fourth-order valence-electron chi connectivity index (χ4n) is 0.939. The monoisotopic (exact) mass is 267 g/mol. The Bertz CT molecular complexity index is 264.